The standard InChI is InChI=1S/C16H15ClF2N2O3/c1-2-13(16(22)15-11(18)4-3-5-12(15)19)20-14-7-6-9(21(23)24)8-10(14)17/h3-8,13,16,20,22H,2H2,1H3/t13-,16+/m1/s1. The Morgan fingerprint density at radius 1 is 1.29 bits per heavy atom. The Bertz CT molecular complexity index is 738. The van der Waals surface area contributed by atoms with E-state index in [-0.39, 0.29) is 10.7 Å². The molecule has 0 bridgehead atoms. The van der Waals surface area contributed by atoms with Crippen molar-refractivity contribution in [2.45, 2.75) is 25.5 Å². The van der Waals surface area contributed by atoms with Crippen LogP contribution in [-0.4, -0.2) is 16.1 Å². The Kier molecular flexibility index (Phi) is 5.69. The fourth-order valence-electron chi connectivity index (χ4n) is 2.33. The van der Waals surface area contributed by atoms with Crippen molar-refractivity contribution < 1.29 is 18.8 Å². The number of benzene rings is 2. The third-order valence-electron chi connectivity index (χ3n) is 3.62. The first-order valence-corrected chi connectivity index (χ1v) is 7.55. The Morgan fingerprint density at radius 2 is 1.92 bits per heavy atom. The molecule has 0 aromatic heterocycles. The number of aliphatic hydroxyl groups is 1. The van der Waals surface area contributed by atoms with Crippen LogP contribution < -0.4 is 5.32 Å². The van der Waals surface area contributed by atoms with Gasteiger partial charge in [0, 0.05) is 12.1 Å². The van der Waals surface area contributed by atoms with E-state index in [1.165, 1.54) is 18.2 Å². The van der Waals surface area contributed by atoms with Crippen molar-refractivity contribution >= 4 is 23.0 Å². The van der Waals surface area contributed by atoms with Crippen LogP contribution in [-0.2, 0) is 0 Å². The van der Waals surface area contributed by atoms with Crippen LogP contribution in [0.1, 0.15) is 25.0 Å². The highest BCUT2D eigenvalue weighted by Gasteiger charge is 2.26. The average Bonchev–Trinajstić information content (AvgIpc) is 2.53. The Labute approximate surface area is 142 Å². The molecule has 8 heteroatoms. The molecule has 2 aromatic carbocycles. The second-order valence-corrected chi connectivity index (χ2v) is 5.57. The van der Waals surface area contributed by atoms with Crippen molar-refractivity contribution in [2.24, 2.45) is 0 Å². The van der Waals surface area contributed by atoms with Gasteiger partial charge >= 0.3 is 0 Å². The van der Waals surface area contributed by atoms with Gasteiger partial charge in [0.1, 0.15) is 17.7 Å². The van der Waals surface area contributed by atoms with E-state index in [1.54, 1.807) is 6.92 Å². The lowest BCUT2D eigenvalue weighted by Gasteiger charge is -2.25. The van der Waals surface area contributed by atoms with Gasteiger partial charge in [0.05, 0.1) is 27.2 Å². The topological polar surface area (TPSA) is 75.4 Å². The summed E-state index contributed by atoms with van der Waals surface area (Å²) in [7, 11) is 0. The Morgan fingerprint density at radius 3 is 2.42 bits per heavy atom. The van der Waals surface area contributed by atoms with Crippen LogP contribution in [0.5, 0.6) is 0 Å². The lowest BCUT2D eigenvalue weighted by atomic mass is 9.99. The highest BCUT2D eigenvalue weighted by Crippen LogP contribution is 2.31. The van der Waals surface area contributed by atoms with Crippen molar-refractivity contribution in [2.75, 3.05) is 5.32 Å². The molecule has 24 heavy (non-hydrogen) atoms. The zero-order chi connectivity index (χ0) is 17.9. The predicted octanol–water partition coefficient (Wildman–Crippen LogP) is 4.45. The summed E-state index contributed by atoms with van der Waals surface area (Å²) in [5, 5.41) is 24.0. The fourth-order valence-corrected chi connectivity index (χ4v) is 2.56. The Balaban J connectivity index is 2.28. The molecule has 0 spiro atoms. The van der Waals surface area contributed by atoms with E-state index in [9.17, 15) is 24.0 Å². The lowest BCUT2D eigenvalue weighted by Crippen LogP contribution is -2.28. The first kappa shape index (κ1) is 18.1. The van der Waals surface area contributed by atoms with E-state index in [2.05, 4.69) is 5.32 Å². The predicted molar refractivity (Wildman–Crippen MR) is 87.1 cm³/mol. The number of hydrogen-bond donors (Lipinski definition) is 2. The molecular formula is C16H15ClF2N2O3. The van der Waals surface area contributed by atoms with Gasteiger partial charge in [-0.25, -0.2) is 8.78 Å². The van der Waals surface area contributed by atoms with E-state index in [0.29, 0.717) is 12.1 Å². The summed E-state index contributed by atoms with van der Waals surface area (Å²) >= 11 is 5.99. The molecule has 2 N–H and O–H groups in total. The highest BCUT2D eigenvalue weighted by molar-refractivity contribution is 6.33. The van der Waals surface area contributed by atoms with Gasteiger partial charge in [-0.15, -0.1) is 0 Å². The molecule has 0 unspecified atom stereocenters. The van der Waals surface area contributed by atoms with Crippen LogP contribution in [0.4, 0.5) is 20.2 Å². The van der Waals surface area contributed by atoms with Gasteiger partial charge in [-0.2, -0.15) is 0 Å². The molecule has 0 radical (unpaired) electrons. The molecule has 0 heterocycles. The number of hydrogen-bond acceptors (Lipinski definition) is 4. The normalized spacial score (nSPS) is 13.4. The van der Waals surface area contributed by atoms with Crippen LogP contribution >= 0.6 is 11.6 Å². The summed E-state index contributed by atoms with van der Waals surface area (Å²) < 4.78 is 27.7. The first-order chi connectivity index (χ1) is 11.3. The molecule has 5 nitrogen and oxygen atoms in total. The van der Waals surface area contributed by atoms with Crippen molar-refractivity contribution in [3.05, 3.63) is 68.7 Å². The molecule has 128 valence electrons. The molecule has 0 aliphatic heterocycles. The molecule has 0 fully saturated rings. The SMILES string of the molecule is CC[C@@H](Nc1ccc([N+](=O)[O-])cc1Cl)[C@H](O)c1c(F)cccc1F. The number of anilines is 1. The summed E-state index contributed by atoms with van der Waals surface area (Å²) in [5.74, 6) is -1.70. The number of nitro groups is 1. The zero-order valence-corrected chi connectivity index (χ0v) is 13.4. The number of aliphatic hydroxyl groups excluding tert-OH is 1. The van der Waals surface area contributed by atoms with Crippen LogP contribution in [0.3, 0.4) is 0 Å². The van der Waals surface area contributed by atoms with Crippen LogP contribution in [0.2, 0.25) is 5.02 Å². The number of nitro benzene ring substituents is 1. The minimum atomic E-state index is -1.46. The summed E-state index contributed by atoms with van der Waals surface area (Å²) in [6.07, 6.45) is -1.12. The number of nitrogens with zero attached hydrogens (tertiary/aromatic N) is 1. The van der Waals surface area contributed by atoms with E-state index in [4.69, 9.17) is 11.6 Å². The van der Waals surface area contributed by atoms with E-state index >= 15 is 0 Å². The molecule has 2 atom stereocenters. The van der Waals surface area contributed by atoms with Crippen LogP contribution in [0.15, 0.2) is 36.4 Å². The maximum Gasteiger partial charge on any atom is 0.271 e. The van der Waals surface area contributed by atoms with Crippen molar-refractivity contribution in [1.82, 2.24) is 0 Å². The molecule has 0 saturated carbocycles. The smallest absolute Gasteiger partial charge is 0.271 e. The molecule has 2 aromatic rings. The van der Waals surface area contributed by atoms with E-state index in [1.807, 2.05) is 0 Å². The molecule has 0 amide bonds. The van der Waals surface area contributed by atoms with Gasteiger partial charge in [-0.3, -0.25) is 10.1 Å². The number of nitrogens with one attached hydrogen (secondary N) is 1. The fraction of sp³-hybridized carbons (Fsp3) is 0.250. The van der Waals surface area contributed by atoms with Gasteiger partial charge < -0.3 is 10.4 Å². The molecule has 2 rings (SSSR count). The molecular weight excluding hydrogens is 342 g/mol. The zero-order valence-electron chi connectivity index (χ0n) is 12.7. The molecule has 0 aliphatic carbocycles. The maximum absolute atomic E-state index is 13.8. The Hall–Kier alpha value is -2.25. The minimum absolute atomic E-state index is 0.0730. The van der Waals surface area contributed by atoms with Crippen LogP contribution in [0.25, 0.3) is 0 Å². The quantitative estimate of drug-likeness (QED) is 0.592. The van der Waals surface area contributed by atoms with Crippen molar-refractivity contribution in [3.63, 3.8) is 0 Å². The lowest BCUT2D eigenvalue weighted by molar-refractivity contribution is -0.384. The maximum atomic E-state index is 13.8. The summed E-state index contributed by atoms with van der Waals surface area (Å²) in [5.41, 5.74) is -0.293. The highest BCUT2D eigenvalue weighted by atomic mass is 35.5. The van der Waals surface area contributed by atoms with Gasteiger partial charge in [0.15, 0.2) is 0 Å². The van der Waals surface area contributed by atoms with E-state index in [0.717, 1.165) is 18.2 Å². The monoisotopic (exact) mass is 356 g/mol. The molecule has 0 saturated heterocycles. The first-order valence-electron chi connectivity index (χ1n) is 7.17. The number of rotatable bonds is 6. The van der Waals surface area contributed by atoms with Crippen LogP contribution in [0, 0.1) is 21.7 Å². The summed E-state index contributed by atoms with van der Waals surface area (Å²) in [6, 6.07) is 6.38. The van der Waals surface area contributed by atoms with Gasteiger partial charge in [-0.1, -0.05) is 24.6 Å². The minimum Gasteiger partial charge on any atom is -0.386 e. The molecule has 0 aliphatic rings. The second kappa shape index (κ2) is 7.55. The van der Waals surface area contributed by atoms with Gasteiger partial charge in [0.2, 0.25) is 0 Å². The van der Waals surface area contributed by atoms with Gasteiger partial charge in [0.25, 0.3) is 5.69 Å². The largest absolute Gasteiger partial charge is 0.386 e. The third kappa shape index (κ3) is 3.80. The second-order valence-electron chi connectivity index (χ2n) is 5.16. The van der Waals surface area contributed by atoms with Crippen molar-refractivity contribution in [3.8, 4) is 0 Å². The van der Waals surface area contributed by atoms with Crippen molar-refractivity contribution in [1.29, 1.82) is 0 Å². The van der Waals surface area contributed by atoms with Gasteiger partial charge in [-0.05, 0) is 24.6 Å². The average molecular weight is 357 g/mol. The number of halogens is 3. The summed E-state index contributed by atoms with van der Waals surface area (Å²) in [4.78, 5) is 10.1. The third-order valence-corrected chi connectivity index (χ3v) is 3.93. The van der Waals surface area contributed by atoms with E-state index < -0.39 is 34.3 Å². The summed E-state index contributed by atoms with van der Waals surface area (Å²) in [6.45, 7) is 1.72. The number of non-ortho nitro benzene ring substituents is 1.